The molecule has 1 aromatic heterocycles. The largest absolute Gasteiger partial charge is 0.342 e. The molecule has 25 heavy (non-hydrogen) atoms. The van der Waals surface area contributed by atoms with Crippen LogP contribution in [0.3, 0.4) is 0 Å². The van der Waals surface area contributed by atoms with Crippen LogP contribution < -0.4 is 5.32 Å². The maximum absolute atomic E-state index is 12.6. The number of fused-ring (bicyclic) bond motifs is 1. The standard InChI is InChI=1S/C20H20N4O/c1-14-21-18-8-7-17(12-19(18)22-14)23-20(25)16-6-4-5-15(11-16)13-24-9-2-3-10-24/h2-8,11-12H,9-10,13H2,1H3,(H,21,22)(H,23,25). The third-order valence-corrected chi connectivity index (χ3v) is 4.35. The van der Waals surface area contributed by atoms with Crippen molar-refractivity contribution in [2.45, 2.75) is 13.5 Å². The number of nitrogens with zero attached hydrogens (tertiary/aromatic N) is 2. The number of carbonyl (C=O) groups excluding carboxylic acids is 1. The third kappa shape index (κ3) is 3.46. The van der Waals surface area contributed by atoms with Gasteiger partial charge in [-0.15, -0.1) is 0 Å². The molecular weight excluding hydrogens is 312 g/mol. The van der Waals surface area contributed by atoms with Crippen LogP contribution in [0.15, 0.2) is 54.6 Å². The molecule has 0 spiro atoms. The number of amides is 1. The number of nitrogens with one attached hydrogen (secondary N) is 2. The van der Waals surface area contributed by atoms with E-state index in [0.717, 1.165) is 47.7 Å². The number of benzene rings is 2. The first-order valence-electron chi connectivity index (χ1n) is 8.41. The summed E-state index contributed by atoms with van der Waals surface area (Å²) in [5, 5.41) is 2.97. The van der Waals surface area contributed by atoms with Crippen molar-refractivity contribution in [2.75, 3.05) is 18.4 Å². The molecule has 2 heterocycles. The smallest absolute Gasteiger partial charge is 0.255 e. The Bertz CT molecular complexity index is 949. The Hall–Kier alpha value is -2.92. The van der Waals surface area contributed by atoms with Gasteiger partial charge in [-0.05, 0) is 42.8 Å². The predicted molar refractivity (Wildman–Crippen MR) is 99.6 cm³/mol. The van der Waals surface area contributed by atoms with E-state index >= 15 is 0 Å². The van der Waals surface area contributed by atoms with E-state index in [0.29, 0.717) is 5.56 Å². The molecule has 1 amide bonds. The zero-order valence-electron chi connectivity index (χ0n) is 14.1. The van der Waals surface area contributed by atoms with Gasteiger partial charge < -0.3 is 10.3 Å². The van der Waals surface area contributed by atoms with Gasteiger partial charge in [-0.1, -0.05) is 24.3 Å². The number of imidazole rings is 1. The zero-order chi connectivity index (χ0) is 17.2. The molecule has 0 saturated carbocycles. The second kappa shape index (κ2) is 6.53. The minimum Gasteiger partial charge on any atom is -0.342 e. The van der Waals surface area contributed by atoms with Crippen molar-refractivity contribution in [3.8, 4) is 0 Å². The molecule has 1 aliphatic heterocycles. The highest BCUT2D eigenvalue weighted by molar-refractivity contribution is 6.05. The second-order valence-electron chi connectivity index (χ2n) is 6.37. The van der Waals surface area contributed by atoms with Gasteiger partial charge in [0.05, 0.1) is 11.0 Å². The van der Waals surface area contributed by atoms with Crippen molar-refractivity contribution in [1.82, 2.24) is 14.9 Å². The van der Waals surface area contributed by atoms with Crippen molar-refractivity contribution in [1.29, 1.82) is 0 Å². The van der Waals surface area contributed by atoms with Crippen LogP contribution in [0.2, 0.25) is 0 Å². The van der Waals surface area contributed by atoms with E-state index in [-0.39, 0.29) is 5.91 Å². The summed E-state index contributed by atoms with van der Waals surface area (Å²) in [7, 11) is 0. The molecule has 0 aliphatic carbocycles. The molecule has 0 unspecified atom stereocenters. The average molecular weight is 332 g/mol. The number of anilines is 1. The van der Waals surface area contributed by atoms with Crippen LogP contribution in [0, 0.1) is 6.92 Å². The number of aromatic nitrogens is 2. The predicted octanol–water partition coefficient (Wildman–Crippen LogP) is 3.50. The molecule has 1 aliphatic rings. The SMILES string of the molecule is Cc1nc2ccc(NC(=O)c3cccc(CN4CC=CC4)c3)cc2[nH]1. The molecule has 0 atom stereocenters. The Balaban J connectivity index is 1.49. The van der Waals surface area contributed by atoms with Crippen LogP contribution in [0.1, 0.15) is 21.7 Å². The van der Waals surface area contributed by atoms with E-state index < -0.39 is 0 Å². The summed E-state index contributed by atoms with van der Waals surface area (Å²) in [6.45, 7) is 4.72. The fraction of sp³-hybridized carbons (Fsp3) is 0.200. The summed E-state index contributed by atoms with van der Waals surface area (Å²) in [4.78, 5) is 22.5. The van der Waals surface area contributed by atoms with Gasteiger partial charge in [-0.25, -0.2) is 4.98 Å². The van der Waals surface area contributed by atoms with Crippen LogP contribution in [0.25, 0.3) is 11.0 Å². The topological polar surface area (TPSA) is 61.0 Å². The highest BCUT2D eigenvalue weighted by atomic mass is 16.1. The van der Waals surface area contributed by atoms with Crippen LogP contribution in [-0.4, -0.2) is 33.9 Å². The van der Waals surface area contributed by atoms with Gasteiger partial charge in [0.25, 0.3) is 5.91 Å². The highest BCUT2D eigenvalue weighted by Gasteiger charge is 2.11. The number of H-pyrrole nitrogens is 1. The van der Waals surface area contributed by atoms with Crippen molar-refractivity contribution >= 4 is 22.6 Å². The van der Waals surface area contributed by atoms with Gasteiger partial charge in [0.1, 0.15) is 5.82 Å². The number of rotatable bonds is 4. The van der Waals surface area contributed by atoms with Gasteiger partial charge in [-0.2, -0.15) is 0 Å². The molecule has 0 saturated heterocycles. The first-order valence-corrected chi connectivity index (χ1v) is 8.41. The molecule has 0 radical (unpaired) electrons. The molecule has 4 rings (SSSR count). The summed E-state index contributed by atoms with van der Waals surface area (Å²) >= 11 is 0. The maximum atomic E-state index is 12.6. The molecule has 2 aromatic carbocycles. The van der Waals surface area contributed by atoms with E-state index in [1.807, 2.05) is 43.3 Å². The third-order valence-electron chi connectivity index (χ3n) is 4.35. The minimum absolute atomic E-state index is 0.100. The average Bonchev–Trinajstić information content (AvgIpc) is 3.23. The number of aryl methyl sites for hydroxylation is 1. The first-order chi connectivity index (χ1) is 12.2. The van der Waals surface area contributed by atoms with Crippen LogP contribution in [0.4, 0.5) is 5.69 Å². The normalized spacial score (nSPS) is 14.3. The summed E-state index contributed by atoms with van der Waals surface area (Å²) in [6.07, 6.45) is 4.34. The van der Waals surface area contributed by atoms with Crippen molar-refractivity contribution in [2.24, 2.45) is 0 Å². The van der Waals surface area contributed by atoms with Crippen LogP contribution in [-0.2, 0) is 6.54 Å². The molecule has 126 valence electrons. The Morgan fingerprint density at radius 1 is 1.20 bits per heavy atom. The molecule has 5 nitrogen and oxygen atoms in total. The second-order valence-corrected chi connectivity index (χ2v) is 6.37. The number of carbonyl (C=O) groups is 1. The number of aromatic amines is 1. The molecule has 5 heteroatoms. The van der Waals surface area contributed by atoms with Gasteiger partial charge in [-0.3, -0.25) is 9.69 Å². The number of hydrogen-bond acceptors (Lipinski definition) is 3. The van der Waals surface area contributed by atoms with E-state index in [4.69, 9.17) is 0 Å². The van der Waals surface area contributed by atoms with E-state index in [2.05, 4.69) is 38.4 Å². The fourth-order valence-corrected chi connectivity index (χ4v) is 3.14. The number of hydrogen-bond donors (Lipinski definition) is 2. The van der Waals surface area contributed by atoms with Crippen molar-refractivity contribution in [3.05, 3.63) is 71.6 Å². The maximum Gasteiger partial charge on any atom is 0.255 e. The lowest BCUT2D eigenvalue weighted by Crippen LogP contribution is -2.19. The molecular formula is C20H20N4O. The Morgan fingerprint density at radius 3 is 2.88 bits per heavy atom. The summed E-state index contributed by atoms with van der Waals surface area (Å²) in [6, 6.07) is 13.5. The quantitative estimate of drug-likeness (QED) is 0.719. The Kier molecular flexibility index (Phi) is 4.07. The monoisotopic (exact) mass is 332 g/mol. The van der Waals surface area contributed by atoms with Crippen LogP contribution >= 0.6 is 0 Å². The summed E-state index contributed by atoms with van der Waals surface area (Å²) in [5.74, 6) is 0.763. The Morgan fingerprint density at radius 2 is 2.04 bits per heavy atom. The van der Waals surface area contributed by atoms with E-state index in [1.165, 1.54) is 0 Å². The summed E-state index contributed by atoms with van der Waals surface area (Å²) < 4.78 is 0. The lowest BCUT2D eigenvalue weighted by Gasteiger charge is -2.15. The molecule has 3 aromatic rings. The molecule has 0 fully saturated rings. The van der Waals surface area contributed by atoms with Gasteiger partial charge in [0.2, 0.25) is 0 Å². The van der Waals surface area contributed by atoms with E-state index in [9.17, 15) is 4.79 Å². The van der Waals surface area contributed by atoms with Gasteiger partial charge in [0.15, 0.2) is 0 Å². The fourth-order valence-electron chi connectivity index (χ4n) is 3.14. The minimum atomic E-state index is -0.100. The van der Waals surface area contributed by atoms with Gasteiger partial charge in [0, 0.05) is 30.9 Å². The van der Waals surface area contributed by atoms with E-state index in [1.54, 1.807) is 0 Å². The highest BCUT2D eigenvalue weighted by Crippen LogP contribution is 2.18. The molecule has 2 N–H and O–H groups in total. The zero-order valence-corrected chi connectivity index (χ0v) is 14.1. The van der Waals surface area contributed by atoms with Crippen molar-refractivity contribution in [3.63, 3.8) is 0 Å². The van der Waals surface area contributed by atoms with Crippen LogP contribution in [0.5, 0.6) is 0 Å². The van der Waals surface area contributed by atoms with Gasteiger partial charge >= 0.3 is 0 Å². The lowest BCUT2D eigenvalue weighted by atomic mass is 10.1. The Labute approximate surface area is 146 Å². The first kappa shape index (κ1) is 15.6. The molecule has 0 bridgehead atoms. The van der Waals surface area contributed by atoms with Crippen molar-refractivity contribution < 1.29 is 4.79 Å². The summed E-state index contributed by atoms with van der Waals surface area (Å²) in [5.41, 5.74) is 4.40. The lowest BCUT2D eigenvalue weighted by molar-refractivity contribution is 0.102.